The van der Waals surface area contributed by atoms with E-state index in [4.69, 9.17) is 14.2 Å². The summed E-state index contributed by atoms with van der Waals surface area (Å²) in [6.45, 7) is 2.55. The Balaban J connectivity index is 0.00000253. The third-order valence-electron chi connectivity index (χ3n) is 10.6. The Kier molecular flexibility index (Phi) is 5.81. The summed E-state index contributed by atoms with van der Waals surface area (Å²) >= 11 is 0. The molecule has 4 heterocycles. The molecule has 1 amide bonds. The number of nitrogens with one attached hydrogen (secondary N) is 1. The predicted octanol–water partition coefficient (Wildman–Crippen LogP) is 3.18. The van der Waals surface area contributed by atoms with Crippen molar-refractivity contribution in [2.75, 3.05) is 26.7 Å². The molecule has 5 unspecified atom stereocenters. The zero-order chi connectivity index (χ0) is 25.7. The highest BCUT2D eigenvalue weighted by molar-refractivity contribution is 5.85. The Bertz CT molecular complexity index is 1300. The van der Waals surface area contributed by atoms with Crippen molar-refractivity contribution in [3.05, 3.63) is 59.2 Å². The summed E-state index contributed by atoms with van der Waals surface area (Å²) in [5, 5.41) is 15.5. The van der Waals surface area contributed by atoms with Crippen LogP contribution >= 0.6 is 12.4 Å². The van der Waals surface area contributed by atoms with Crippen molar-refractivity contribution in [3.8, 4) is 11.5 Å². The molecular weight excluding hydrogens is 516 g/mol. The first kappa shape index (κ1) is 25.6. The number of hydrogen-bond acceptors (Lipinski definition) is 6. The van der Waals surface area contributed by atoms with E-state index in [0.717, 1.165) is 50.4 Å². The van der Waals surface area contributed by atoms with Crippen molar-refractivity contribution in [2.45, 2.75) is 79.8 Å². The highest BCUT2D eigenvalue weighted by Crippen LogP contribution is 2.71. The molecule has 0 radical (unpaired) electrons. The molecular formula is C31H37ClN2O5. The summed E-state index contributed by atoms with van der Waals surface area (Å²) in [5.41, 5.74) is 1.18. The molecule has 2 N–H and O–H groups in total. The lowest BCUT2D eigenvalue weighted by Crippen LogP contribution is -2.87. The van der Waals surface area contributed by atoms with Gasteiger partial charge in [0.2, 0.25) is 0 Å². The molecule has 2 saturated carbocycles. The predicted molar refractivity (Wildman–Crippen MR) is 148 cm³/mol. The number of piperidine rings is 1. The molecule has 3 aliphatic carbocycles. The summed E-state index contributed by atoms with van der Waals surface area (Å²) in [7, 11) is 1.67. The first-order valence-electron chi connectivity index (χ1n) is 14.3. The van der Waals surface area contributed by atoms with E-state index in [2.05, 4.69) is 28.4 Å². The highest BCUT2D eigenvalue weighted by Gasteiger charge is 2.82. The van der Waals surface area contributed by atoms with Gasteiger partial charge in [-0.3, -0.25) is 9.69 Å². The standard InChI is InChI=1S/C31H36N2O5.ClH/c1-36-22-10-9-21-17-23-31-13-12-30(35,26(38-31)27(34)32-15-11-19-5-3-2-4-6-19)28-29(31,24(21)25(22)37-28)14-16-33(23)18-20-7-8-20;/h2-6,9-10,20,23,26,28,35H,7-8,11-18H2,1H3,(H,32,34);1H/t23?,26-,28?,29?,30?,31?;/m0./s1. The molecule has 7 aliphatic rings. The highest BCUT2D eigenvalue weighted by atomic mass is 35.5. The van der Waals surface area contributed by atoms with Crippen LogP contribution in [-0.4, -0.2) is 72.1 Å². The molecule has 2 spiro atoms. The first-order valence-corrected chi connectivity index (χ1v) is 14.3. The van der Waals surface area contributed by atoms with Crippen LogP contribution in [0.25, 0.3) is 0 Å². The average Bonchev–Trinajstić information content (AvgIpc) is 3.67. The lowest BCUT2D eigenvalue weighted by molar-refractivity contribution is -0.345. The van der Waals surface area contributed by atoms with E-state index in [1.807, 2.05) is 24.3 Å². The van der Waals surface area contributed by atoms with Gasteiger partial charge in [-0.25, -0.2) is 0 Å². The van der Waals surface area contributed by atoms with Crippen molar-refractivity contribution in [1.82, 2.24) is 10.2 Å². The third-order valence-corrected chi connectivity index (χ3v) is 10.6. The smallest absolute Gasteiger partial charge is 0.252 e. The van der Waals surface area contributed by atoms with Crippen molar-refractivity contribution in [2.24, 2.45) is 5.92 Å². The van der Waals surface area contributed by atoms with E-state index < -0.39 is 28.8 Å². The zero-order valence-electron chi connectivity index (χ0n) is 22.4. The second-order valence-electron chi connectivity index (χ2n) is 12.4. The number of hydrogen-bond donors (Lipinski definition) is 2. The number of ether oxygens (including phenoxy) is 3. The van der Waals surface area contributed by atoms with Crippen LogP contribution in [0.1, 0.15) is 48.8 Å². The molecule has 4 bridgehead atoms. The van der Waals surface area contributed by atoms with Gasteiger partial charge >= 0.3 is 0 Å². The number of amides is 1. The van der Waals surface area contributed by atoms with Gasteiger partial charge in [0.1, 0.15) is 11.7 Å². The number of nitrogens with zero attached hydrogens (tertiary/aromatic N) is 1. The third kappa shape index (κ3) is 3.30. The maximum absolute atomic E-state index is 13.7. The molecule has 0 aromatic heterocycles. The van der Waals surface area contributed by atoms with E-state index in [0.29, 0.717) is 18.7 Å². The molecule has 2 aromatic rings. The summed E-state index contributed by atoms with van der Waals surface area (Å²) in [4.78, 5) is 16.4. The van der Waals surface area contributed by atoms with Gasteiger partial charge in [0, 0.05) is 24.7 Å². The Morgan fingerprint density at radius 3 is 2.74 bits per heavy atom. The number of rotatable bonds is 7. The number of halogens is 1. The maximum atomic E-state index is 13.7. The van der Waals surface area contributed by atoms with Gasteiger partial charge in [-0.15, -0.1) is 12.4 Å². The van der Waals surface area contributed by atoms with Gasteiger partial charge in [-0.2, -0.15) is 0 Å². The van der Waals surface area contributed by atoms with Crippen LogP contribution in [0, 0.1) is 5.92 Å². The van der Waals surface area contributed by atoms with Gasteiger partial charge in [0.15, 0.2) is 17.6 Å². The number of benzene rings is 2. The minimum atomic E-state index is -1.40. The first-order chi connectivity index (χ1) is 18.5. The second kappa shape index (κ2) is 8.84. The van der Waals surface area contributed by atoms with Crippen LogP contribution < -0.4 is 14.8 Å². The van der Waals surface area contributed by atoms with Crippen LogP contribution in [-0.2, 0) is 27.8 Å². The molecule has 2 aromatic carbocycles. The molecule has 9 rings (SSSR count). The molecule has 8 heteroatoms. The van der Waals surface area contributed by atoms with Crippen LogP contribution in [0.4, 0.5) is 0 Å². The van der Waals surface area contributed by atoms with Crippen molar-refractivity contribution >= 4 is 18.3 Å². The van der Waals surface area contributed by atoms with Crippen molar-refractivity contribution in [1.29, 1.82) is 0 Å². The minimum Gasteiger partial charge on any atom is -0.493 e. The second-order valence-corrected chi connectivity index (χ2v) is 12.4. The topological polar surface area (TPSA) is 80.3 Å². The number of aliphatic hydroxyl groups is 1. The van der Waals surface area contributed by atoms with E-state index in [-0.39, 0.29) is 24.4 Å². The Labute approximate surface area is 235 Å². The average molecular weight is 553 g/mol. The summed E-state index contributed by atoms with van der Waals surface area (Å²) in [5.74, 6) is 1.99. The molecule has 5 fully saturated rings. The number of methoxy groups -OCH3 is 1. The van der Waals surface area contributed by atoms with Gasteiger partial charge in [0.05, 0.1) is 18.1 Å². The van der Waals surface area contributed by atoms with E-state index in [1.54, 1.807) is 7.11 Å². The largest absolute Gasteiger partial charge is 0.493 e. The molecule has 7 nitrogen and oxygen atoms in total. The van der Waals surface area contributed by atoms with Crippen molar-refractivity contribution in [3.63, 3.8) is 0 Å². The van der Waals surface area contributed by atoms with Gasteiger partial charge in [0.25, 0.3) is 5.91 Å². The summed E-state index contributed by atoms with van der Waals surface area (Å²) in [6.07, 6.45) is 4.81. The maximum Gasteiger partial charge on any atom is 0.252 e. The van der Waals surface area contributed by atoms with Crippen LogP contribution in [0.15, 0.2) is 42.5 Å². The normalized spacial score (nSPS) is 36.9. The number of carbonyl (C=O) groups excluding carboxylic acids is 1. The van der Waals surface area contributed by atoms with E-state index in [1.165, 1.54) is 29.5 Å². The SMILES string of the molecule is COc1ccc2c3c1OC1C4(O)CCC5(O[C@H]4C(=O)NCCc4ccccc4)C(C2)N(CC2CC2)CCC315.Cl. The Morgan fingerprint density at radius 1 is 1.15 bits per heavy atom. The van der Waals surface area contributed by atoms with Gasteiger partial charge in [-0.1, -0.05) is 36.4 Å². The van der Waals surface area contributed by atoms with Crippen LogP contribution in [0.3, 0.4) is 0 Å². The summed E-state index contributed by atoms with van der Waals surface area (Å²) < 4.78 is 19.6. The fourth-order valence-corrected chi connectivity index (χ4v) is 8.82. The molecule has 3 saturated heterocycles. The fourth-order valence-electron chi connectivity index (χ4n) is 8.82. The monoisotopic (exact) mass is 552 g/mol. The van der Waals surface area contributed by atoms with Gasteiger partial charge < -0.3 is 24.6 Å². The lowest BCUT2D eigenvalue weighted by Gasteiger charge is -2.72. The fraction of sp³-hybridized carbons (Fsp3) is 0.581. The van der Waals surface area contributed by atoms with Gasteiger partial charge in [-0.05, 0) is 74.6 Å². The quantitative estimate of drug-likeness (QED) is 0.549. The molecule has 4 aliphatic heterocycles. The summed E-state index contributed by atoms with van der Waals surface area (Å²) in [6, 6.07) is 14.5. The molecule has 6 atom stereocenters. The van der Waals surface area contributed by atoms with Crippen molar-refractivity contribution < 1.29 is 24.1 Å². The number of carbonyl (C=O) groups is 1. The van der Waals surface area contributed by atoms with E-state index >= 15 is 0 Å². The lowest BCUT2D eigenvalue weighted by atomic mass is 9.44. The zero-order valence-corrected chi connectivity index (χ0v) is 23.2. The van der Waals surface area contributed by atoms with Crippen LogP contribution in [0.5, 0.6) is 11.5 Å². The molecule has 39 heavy (non-hydrogen) atoms. The number of likely N-dealkylation sites (tertiary alicyclic amines) is 1. The Morgan fingerprint density at radius 2 is 1.97 bits per heavy atom. The minimum absolute atomic E-state index is 0. The number of fused-ring (bicyclic) bond motifs is 2. The Hall–Kier alpha value is -2.32. The molecule has 208 valence electrons. The van der Waals surface area contributed by atoms with Crippen LogP contribution in [0.2, 0.25) is 0 Å². The van der Waals surface area contributed by atoms with E-state index in [9.17, 15) is 9.90 Å².